The molecule has 3 rings (SSSR count). The SMILES string of the molecule is O=C(O)c1cn2c(cnc3cc(Cl)ccc32)n1. The maximum absolute atomic E-state index is 10.8. The Bertz CT molecular complexity index is 751. The minimum Gasteiger partial charge on any atom is -0.476 e. The lowest BCUT2D eigenvalue weighted by molar-refractivity contribution is 0.0691. The number of carbonyl (C=O) groups is 1. The van der Waals surface area contributed by atoms with Crippen molar-refractivity contribution in [2.24, 2.45) is 0 Å². The van der Waals surface area contributed by atoms with Gasteiger partial charge in [-0.25, -0.2) is 9.78 Å². The van der Waals surface area contributed by atoms with Gasteiger partial charge in [-0.15, -0.1) is 0 Å². The maximum Gasteiger partial charge on any atom is 0.356 e. The van der Waals surface area contributed by atoms with Crippen molar-refractivity contribution in [1.82, 2.24) is 14.4 Å². The third-order valence-corrected chi connectivity index (χ3v) is 2.70. The van der Waals surface area contributed by atoms with Gasteiger partial charge in [-0.1, -0.05) is 11.6 Å². The summed E-state index contributed by atoms with van der Waals surface area (Å²) in [7, 11) is 0. The highest BCUT2D eigenvalue weighted by molar-refractivity contribution is 6.31. The Morgan fingerprint density at radius 2 is 2.24 bits per heavy atom. The van der Waals surface area contributed by atoms with Gasteiger partial charge in [-0.2, -0.15) is 0 Å². The maximum atomic E-state index is 10.8. The monoisotopic (exact) mass is 247 g/mol. The zero-order chi connectivity index (χ0) is 12.0. The van der Waals surface area contributed by atoms with Crippen molar-refractivity contribution in [3.05, 3.63) is 41.3 Å². The highest BCUT2D eigenvalue weighted by Crippen LogP contribution is 2.19. The highest BCUT2D eigenvalue weighted by Gasteiger charge is 2.10. The third kappa shape index (κ3) is 1.52. The van der Waals surface area contributed by atoms with Crippen LogP contribution in [0.5, 0.6) is 0 Å². The normalized spacial score (nSPS) is 11.1. The number of imidazole rings is 1. The van der Waals surface area contributed by atoms with E-state index in [2.05, 4.69) is 9.97 Å². The molecule has 3 aromatic rings. The standard InChI is InChI=1S/C11H6ClN3O2/c12-6-1-2-9-7(3-6)13-4-10-14-8(11(16)17)5-15(9)10/h1-5H,(H,16,17). The number of carboxylic acids is 1. The smallest absolute Gasteiger partial charge is 0.356 e. The van der Waals surface area contributed by atoms with E-state index in [0.29, 0.717) is 16.2 Å². The van der Waals surface area contributed by atoms with Crippen molar-refractivity contribution in [2.45, 2.75) is 0 Å². The number of benzene rings is 1. The predicted molar refractivity (Wildman–Crippen MR) is 62.5 cm³/mol. The molecule has 2 heterocycles. The first-order valence-corrected chi connectivity index (χ1v) is 5.19. The molecule has 0 amide bonds. The molecule has 6 heteroatoms. The lowest BCUT2D eigenvalue weighted by atomic mass is 10.3. The number of nitrogens with zero attached hydrogens (tertiary/aromatic N) is 3. The van der Waals surface area contributed by atoms with Crippen molar-refractivity contribution in [1.29, 1.82) is 0 Å². The minimum atomic E-state index is -1.06. The van der Waals surface area contributed by atoms with Gasteiger partial charge in [-0.3, -0.25) is 9.38 Å². The number of aromatic carboxylic acids is 1. The molecule has 0 fully saturated rings. The molecule has 0 bridgehead atoms. The van der Waals surface area contributed by atoms with Crippen LogP contribution < -0.4 is 0 Å². The minimum absolute atomic E-state index is 0.00532. The number of aromatic nitrogens is 3. The number of rotatable bonds is 1. The summed E-state index contributed by atoms with van der Waals surface area (Å²) in [5.41, 5.74) is 1.96. The second-order valence-corrected chi connectivity index (χ2v) is 3.99. The van der Waals surface area contributed by atoms with Crippen molar-refractivity contribution < 1.29 is 9.90 Å². The molecule has 0 aliphatic heterocycles. The van der Waals surface area contributed by atoms with E-state index in [1.807, 2.05) is 0 Å². The Morgan fingerprint density at radius 1 is 1.41 bits per heavy atom. The summed E-state index contributed by atoms with van der Waals surface area (Å²) in [6, 6.07) is 5.23. The first-order chi connectivity index (χ1) is 8.15. The molecule has 0 unspecified atom stereocenters. The van der Waals surface area contributed by atoms with Gasteiger partial charge in [0.05, 0.1) is 17.2 Å². The molecule has 0 radical (unpaired) electrons. The van der Waals surface area contributed by atoms with E-state index < -0.39 is 5.97 Å². The Balaban J connectivity index is 2.42. The van der Waals surface area contributed by atoms with Gasteiger partial charge in [0.15, 0.2) is 11.3 Å². The summed E-state index contributed by atoms with van der Waals surface area (Å²) in [5, 5.41) is 9.47. The fraction of sp³-hybridized carbons (Fsp3) is 0. The van der Waals surface area contributed by atoms with Crippen LogP contribution in [0, 0.1) is 0 Å². The molecule has 0 atom stereocenters. The van der Waals surface area contributed by atoms with Crippen LogP contribution in [0.4, 0.5) is 0 Å². The molecule has 0 spiro atoms. The van der Waals surface area contributed by atoms with Crippen molar-refractivity contribution >= 4 is 34.3 Å². The van der Waals surface area contributed by atoms with Crippen LogP contribution in [-0.4, -0.2) is 25.4 Å². The van der Waals surface area contributed by atoms with Gasteiger partial charge in [0.1, 0.15) is 0 Å². The molecule has 0 saturated carbocycles. The quantitative estimate of drug-likeness (QED) is 0.716. The molecule has 0 aliphatic rings. The van der Waals surface area contributed by atoms with Crippen LogP contribution in [0.3, 0.4) is 0 Å². The zero-order valence-electron chi connectivity index (χ0n) is 8.46. The van der Waals surface area contributed by atoms with E-state index in [0.717, 1.165) is 5.52 Å². The van der Waals surface area contributed by atoms with Gasteiger partial charge in [0.25, 0.3) is 0 Å². The largest absolute Gasteiger partial charge is 0.476 e. The van der Waals surface area contributed by atoms with Crippen LogP contribution >= 0.6 is 11.6 Å². The van der Waals surface area contributed by atoms with E-state index in [1.165, 1.54) is 12.4 Å². The Labute approximate surface area is 100 Å². The second kappa shape index (κ2) is 3.43. The first kappa shape index (κ1) is 10.0. The Kier molecular flexibility index (Phi) is 2.02. The summed E-state index contributed by atoms with van der Waals surface area (Å²) >= 11 is 5.87. The average Bonchev–Trinajstić information content (AvgIpc) is 2.72. The average molecular weight is 248 g/mol. The van der Waals surface area contributed by atoms with Crippen molar-refractivity contribution in [2.75, 3.05) is 0 Å². The Morgan fingerprint density at radius 3 is 3.00 bits per heavy atom. The van der Waals surface area contributed by atoms with E-state index in [1.54, 1.807) is 22.6 Å². The number of carboxylic acid groups (broad SMARTS) is 1. The summed E-state index contributed by atoms with van der Waals surface area (Å²) < 4.78 is 1.68. The lowest BCUT2D eigenvalue weighted by Crippen LogP contribution is -1.94. The molecular weight excluding hydrogens is 242 g/mol. The molecule has 1 N–H and O–H groups in total. The van der Waals surface area contributed by atoms with Crippen LogP contribution in [0.1, 0.15) is 10.5 Å². The van der Waals surface area contributed by atoms with Crippen molar-refractivity contribution in [3.63, 3.8) is 0 Å². The first-order valence-electron chi connectivity index (χ1n) is 4.82. The molecule has 2 aromatic heterocycles. The van der Waals surface area contributed by atoms with Crippen molar-refractivity contribution in [3.8, 4) is 0 Å². The molecule has 0 saturated heterocycles. The van der Waals surface area contributed by atoms with Crippen LogP contribution in [-0.2, 0) is 0 Å². The van der Waals surface area contributed by atoms with E-state index in [9.17, 15) is 4.79 Å². The second-order valence-electron chi connectivity index (χ2n) is 3.55. The molecule has 5 nitrogen and oxygen atoms in total. The zero-order valence-corrected chi connectivity index (χ0v) is 9.22. The lowest BCUT2D eigenvalue weighted by Gasteiger charge is -2.00. The molecule has 84 valence electrons. The third-order valence-electron chi connectivity index (χ3n) is 2.47. The fourth-order valence-corrected chi connectivity index (χ4v) is 1.88. The van der Waals surface area contributed by atoms with Gasteiger partial charge in [-0.05, 0) is 18.2 Å². The summed E-state index contributed by atoms with van der Waals surface area (Å²) in [6.45, 7) is 0. The van der Waals surface area contributed by atoms with E-state index in [-0.39, 0.29) is 5.69 Å². The number of fused-ring (bicyclic) bond motifs is 3. The summed E-state index contributed by atoms with van der Waals surface area (Å²) in [5.74, 6) is -1.06. The van der Waals surface area contributed by atoms with Crippen LogP contribution in [0.2, 0.25) is 5.02 Å². The van der Waals surface area contributed by atoms with Gasteiger partial charge >= 0.3 is 5.97 Å². The van der Waals surface area contributed by atoms with Crippen LogP contribution in [0.15, 0.2) is 30.6 Å². The van der Waals surface area contributed by atoms with Gasteiger partial charge in [0.2, 0.25) is 0 Å². The molecular formula is C11H6ClN3O2. The fourth-order valence-electron chi connectivity index (χ4n) is 1.71. The molecule has 1 aromatic carbocycles. The van der Waals surface area contributed by atoms with E-state index in [4.69, 9.17) is 16.7 Å². The van der Waals surface area contributed by atoms with Gasteiger partial charge in [0, 0.05) is 11.2 Å². The number of halogens is 1. The summed E-state index contributed by atoms with van der Waals surface area (Å²) in [6.07, 6.45) is 2.99. The number of hydrogen-bond donors (Lipinski definition) is 1. The topological polar surface area (TPSA) is 67.5 Å². The highest BCUT2D eigenvalue weighted by atomic mass is 35.5. The molecule has 0 aliphatic carbocycles. The van der Waals surface area contributed by atoms with Crippen LogP contribution in [0.25, 0.3) is 16.7 Å². The molecule has 17 heavy (non-hydrogen) atoms. The summed E-state index contributed by atoms with van der Waals surface area (Å²) in [4.78, 5) is 19.0. The van der Waals surface area contributed by atoms with E-state index >= 15 is 0 Å². The van der Waals surface area contributed by atoms with Gasteiger partial charge < -0.3 is 5.11 Å². The Hall–Kier alpha value is -2.14. The predicted octanol–water partition coefficient (Wildman–Crippen LogP) is 2.23. The number of hydrogen-bond acceptors (Lipinski definition) is 3.